The molecule has 1 atom stereocenters. The van der Waals surface area contributed by atoms with Crippen LogP contribution in [0.15, 0.2) is 41.3 Å². The van der Waals surface area contributed by atoms with Crippen LogP contribution < -0.4 is 5.32 Å². The van der Waals surface area contributed by atoms with Gasteiger partial charge in [0.25, 0.3) is 0 Å². The minimum absolute atomic E-state index is 0.227. The molecule has 104 valence electrons. The van der Waals surface area contributed by atoms with E-state index < -0.39 is 0 Å². The lowest BCUT2D eigenvalue weighted by Crippen LogP contribution is -2.08. The normalized spacial score (nSPS) is 17.1. The van der Waals surface area contributed by atoms with Crippen LogP contribution in [0.1, 0.15) is 41.8 Å². The van der Waals surface area contributed by atoms with Gasteiger partial charge >= 0.3 is 0 Å². The second kappa shape index (κ2) is 5.06. The van der Waals surface area contributed by atoms with Crippen molar-refractivity contribution < 1.29 is 5.11 Å². The quantitative estimate of drug-likeness (QED) is 0.810. The van der Waals surface area contributed by atoms with Crippen LogP contribution in [0, 0.1) is 6.92 Å². The summed E-state index contributed by atoms with van der Waals surface area (Å²) in [4.78, 5) is 1.29. The number of para-hydroxylation sites is 1. The van der Waals surface area contributed by atoms with Gasteiger partial charge in [0, 0.05) is 10.6 Å². The minimum Gasteiger partial charge on any atom is -0.508 e. The first-order valence-electron chi connectivity index (χ1n) is 6.92. The fourth-order valence-corrected chi connectivity index (χ4v) is 4.05. The van der Waals surface area contributed by atoms with Crippen molar-refractivity contribution in [2.24, 2.45) is 0 Å². The lowest BCUT2D eigenvalue weighted by molar-refractivity contribution is 0.473. The Morgan fingerprint density at radius 3 is 2.65 bits per heavy atom. The molecule has 0 unspecified atom stereocenters. The lowest BCUT2D eigenvalue weighted by atomic mass is 9.93. The monoisotopic (exact) mass is 285 g/mol. The zero-order valence-corrected chi connectivity index (χ0v) is 12.8. The van der Waals surface area contributed by atoms with E-state index in [2.05, 4.69) is 50.4 Å². The van der Waals surface area contributed by atoms with E-state index in [0.29, 0.717) is 11.7 Å². The Labute approximate surface area is 124 Å². The highest BCUT2D eigenvalue weighted by Crippen LogP contribution is 2.49. The smallest absolute Gasteiger partial charge is 0.116 e. The highest BCUT2D eigenvalue weighted by atomic mass is 32.2. The third-order valence-electron chi connectivity index (χ3n) is 3.71. The number of hydrogen-bond acceptors (Lipinski definition) is 3. The maximum absolute atomic E-state index is 9.86. The Balaban J connectivity index is 2.04. The van der Waals surface area contributed by atoms with Gasteiger partial charge in [-0.1, -0.05) is 37.7 Å². The van der Waals surface area contributed by atoms with Crippen molar-refractivity contribution in [3.05, 3.63) is 53.1 Å². The molecule has 2 N–H and O–H groups in total. The standard InChI is InChI=1S/C17H19NOS/c1-10(2)13-9-12(19)8-11(3)16(13)17-18-14-6-4-5-7-15(14)20-17/h4-10,17-19H,1-3H3/t17-/m1/s1. The van der Waals surface area contributed by atoms with Crippen LogP contribution in [0.25, 0.3) is 0 Å². The van der Waals surface area contributed by atoms with Crippen LogP contribution >= 0.6 is 11.8 Å². The van der Waals surface area contributed by atoms with E-state index in [4.69, 9.17) is 0 Å². The van der Waals surface area contributed by atoms with E-state index in [9.17, 15) is 5.11 Å². The molecule has 0 fully saturated rings. The van der Waals surface area contributed by atoms with Crippen LogP contribution in [0.2, 0.25) is 0 Å². The summed E-state index contributed by atoms with van der Waals surface area (Å²) in [7, 11) is 0. The number of benzene rings is 2. The number of hydrogen-bond donors (Lipinski definition) is 2. The van der Waals surface area contributed by atoms with Gasteiger partial charge in [0.1, 0.15) is 11.1 Å². The second-order valence-electron chi connectivity index (χ2n) is 5.56. The molecule has 0 spiro atoms. The minimum atomic E-state index is 0.227. The maximum atomic E-state index is 9.86. The van der Waals surface area contributed by atoms with Crippen LogP contribution in [0.5, 0.6) is 5.75 Å². The van der Waals surface area contributed by atoms with Gasteiger partial charge in [0.2, 0.25) is 0 Å². The fraction of sp³-hybridized carbons (Fsp3) is 0.294. The third kappa shape index (κ3) is 2.27. The van der Waals surface area contributed by atoms with Crippen molar-refractivity contribution in [3.8, 4) is 5.75 Å². The summed E-state index contributed by atoms with van der Waals surface area (Å²) < 4.78 is 0. The van der Waals surface area contributed by atoms with Gasteiger partial charge in [0.05, 0.1) is 0 Å². The molecule has 0 aliphatic carbocycles. The van der Waals surface area contributed by atoms with Gasteiger partial charge in [-0.05, 0) is 53.8 Å². The molecule has 20 heavy (non-hydrogen) atoms. The number of phenolic OH excluding ortho intramolecular Hbond substituents is 1. The zero-order valence-electron chi connectivity index (χ0n) is 12.0. The molecule has 0 saturated heterocycles. The van der Waals surface area contributed by atoms with Crippen molar-refractivity contribution in [1.82, 2.24) is 0 Å². The van der Waals surface area contributed by atoms with E-state index in [0.717, 1.165) is 5.56 Å². The average molecular weight is 285 g/mol. The van der Waals surface area contributed by atoms with E-state index in [1.807, 2.05) is 23.9 Å². The summed E-state index contributed by atoms with van der Waals surface area (Å²) in [6.45, 7) is 6.42. The van der Waals surface area contributed by atoms with Crippen molar-refractivity contribution in [1.29, 1.82) is 0 Å². The summed E-state index contributed by atoms with van der Waals surface area (Å²) in [6, 6.07) is 12.2. The number of anilines is 1. The number of nitrogens with one attached hydrogen (secondary N) is 1. The highest BCUT2D eigenvalue weighted by Gasteiger charge is 2.26. The summed E-state index contributed by atoms with van der Waals surface area (Å²) >= 11 is 1.85. The van der Waals surface area contributed by atoms with Crippen LogP contribution in [0.3, 0.4) is 0 Å². The Morgan fingerprint density at radius 1 is 1.20 bits per heavy atom. The molecular formula is C17H19NOS. The van der Waals surface area contributed by atoms with Gasteiger partial charge in [0.15, 0.2) is 0 Å². The predicted molar refractivity (Wildman–Crippen MR) is 85.6 cm³/mol. The summed E-state index contributed by atoms with van der Waals surface area (Å²) in [5, 5.41) is 13.7. The molecule has 0 aromatic heterocycles. The Bertz CT molecular complexity index is 626. The largest absolute Gasteiger partial charge is 0.508 e. The second-order valence-corrected chi connectivity index (χ2v) is 6.71. The van der Waals surface area contributed by atoms with Gasteiger partial charge in [-0.2, -0.15) is 0 Å². The molecule has 0 bridgehead atoms. The average Bonchev–Trinajstić information content (AvgIpc) is 2.80. The van der Waals surface area contributed by atoms with Crippen LogP contribution in [-0.4, -0.2) is 5.11 Å². The van der Waals surface area contributed by atoms with Gasteiger partial charge < -0.3 is 10.4 Å². The Hall–Kier alpha value is -1.61. The van der Waals surface area contributed by atoms with E-state index in [1.54, 1.807) is 0 Å². The van der Waals surface area contributed by atoms with E-state index in [-0.39, 0.29) is 5.37 Å². The van der Waals surface area contributed by atoms with E-state index in [1.165, 1.54) is 21.7 Å². The van der Waals surface area contributed by atoms with Crippen molar-refractivity contribution in [2.45, 2.75) is 37.0 Å². The van der Waals surface area contributed by atoms with Gasteiger partial charge in [-0.25, -0.2) is 0 Å². The molecular weight excluding hydrogens is 266 g/mol. The number of aryl methyl sites for hydroxylation is 1. The maximum Gasteiger partial charge on any atom is 0.116 e. The fourth-order valence-electron chi connectivity index (χ4n) is 2.76. The van der Waals surface area contributed by atoms with Crippen molar-refractivity contribution in [3.63, 3.8) is 0 Å². The first kappa shape index (κ1) is 13.4. The highest BCUT2D eigenvalue weighted by molar-refractivity contribution is 8.00. The van der Waals surface area contributed by atoms with Gasteiger partial charge in [-0.15, -0.1) is 0 Å². The number of rotatable bonds is 2. The van der Waals surface area contributed by atoms with Crippen LogP contribution in [0.4, 0.5) is 5.69 Å². The SMILES string of the molecule is Cc1cc(O)cc(C(C)C)c1[C@@H]1Nc2ccccc2S1. The molecule has 0 radical (unpaired) electrons. The topological polar surface area (TPSA) is 32.3 Å². The summed E-state index contributed by atoms with van der Waals surface area (Å²) in [5.41, 5.74) is 4.87. The summed E-state index contributed by atoms with van der Waals surface area (Å²) in [6.07, 6.45) is 0. The molecule has 2 nitrogen and oxygen atoms in total. The molecule has 2 aromatic rings. The molecule has 1 aliphatic heterocycles. The van der Waals surface area contributed by atoms with Gasteiger partial charge in [-0.3, -0.25) is 0 Å². The molecule has 2 aromatic carbocycles. The summed E-state index contributed by atoms with van der Waals surface area (Å²) in [5.74, 6) is 0.748. The number of thioether (sulfide) groups is 1. The number of aromatic hydroxyl groups is 1. The predicted octanol–water partition coefficient (Wildman–Crippen LogP) is 5.04. The lowest BCUT2D eigenvalue weighted by Gasteiger charge is -2.21. The van der Waals surface area contributed by atoms with Crippen LogP contribution in [-0.2, 0) is 0 Å². The molecule has 0 saturated carbocycles. The molecule has 1 heterocycles. The molecule has 1 aliphatic rings. The zero-order chi connectivity index (χ0) is 14.3. The number of phenols is 1. The molecule has 0 amide bonds. The number of fused-ring (bicyclic) bond motifs is 1. The third-order valence-corrected chi connectivity index (χ3v) is 4.91. The first-order chi connectivity index (χ1) is 9.56. The van der Waals surface area contributed by atoms with E-state index >= 15 is 0 Å². The van der Waals surface area contributed by atoms with Crippen molar-refractivity contribution in [2.75, 3.05) is 5.32 Å². The Kier molecular flexibility index (Phi) is 3.38. The Morgan fingerprint density at radius 2 is 1.95 bits per heavy atom. The van der Waals surface area contributed by atoms with Crippen molar-refractivity contribution >= 4 is 17.4 Å². The molecule has 3 heteroatoms. The first-order valence-corrected chi connectivity index (χ1v) is 7.80. The molecule has 3 rings (SSSR count).